The Balaban J connectivity index is 1.13. The summed E-state index contributed by atoms with van der Waals surface area (Å²) in [5.74, 6) is 3.79. The molecule has 0 spiro atoms. The van der Waals surface area contributed by atoms with E-state index in [2.05, 4.69) is 87.5 Å². The first-order valence-electron chi connectivity index (χ1n) is 19.5. The van der Waals surface area contributed by atoms with E-state index >= 15 is 0 Å². The third kappa shape index (κ3) is 7.68. The number of nitrogens with zero attached hydrogens (tertiary/aromatic N) is 6. The highest BCUT2D eigenvalue weighted by Gasteiger charge is 2.19. The molecule has 0 N–H and O–H groups in total. The van der Waals surface area contributed by atoms with Gasteiger partial charge in [0.1, 0.15) is 0 Å². The largest absolute Gasteiger partial charge is 0.208 e. The van der Waals surface area contributed by atoms with Crippen molar-refractivity contribution in [2.24, 2.45) is 0 Å². The lowest BCUT2D eigenvalue weighted by Gasteiger charge is -2.22. The van der Waals surface area contributed by atoms with E-state index in [4.69, 9.17) is 29.9 Å². The molecule has 0 fully saturated rings. The fourth-order valence-corrected chi connectivity index (χ4v) is 7.00. The molecule has 9 rings (SSSR count). The summed E-state index contributed by atoms with van der Waals surface area (Å²) in [6.45, 7) is 6.75. The van der Waals surface area contributed by atoms with Gasteiger partial charge in [0.2, 0.25) is 0 Å². The standard InChI is InChI=1S/C52H40N6/c1-52(2,3)43-31-32-44(35-27-29-40(30-28-35)50-55-46(36-17-8-4-9-18-36)53-47(56-50)37-19-10-5-11-20-37)45(34-43)41-25-16-26-42(33-41)51-57-48(38-21-12-6-13-22-38)54-49(58-51)39-23-14-7-15-24-39/h4-34H,1-3H3. The maximum absolute atomic E-state index is 5.02. The van der Waals surface area contributed by atoms with Crippen molar-refractivity contribution in [1.29, 1.82) is 0 Å². The van der Waals surface area contributed by atoms with Crippen molar-refractivity contribution in [3.8, 4) is 90.6 Å². The van der Waals surface area contributed by atoms with Gasteiger partial charge in [-0.1, -0.05) is 203 Å². The highest BCUT2D eigenvalue weighted by atomic mass is 15.0. The molecule has 0 aliphatic rings. The monoisotopic (exact) mass is 748 g/mol. The van der Waals surface area contributed by atoms with Gasteiger partial charge in [-0.2, -0.15) is 0 Å². The van der Waals surface area contributed by atoms with E-state index in [1.54, 1.807) is 0 Å². The first-order chi connectivity index (χ1) is 28.4. The smallest absolute Gasteiger partial charge is 0.164 e. The molecule has 2 heterocycles. The summed E-state index contributed by atoms with van der Waals surface area (Å²) in [7, 11) is 0. The molecule has 0 amide bonds. The lowest BCUT2D eigenvalue weighted by atomic mass is 9.83. The van der Waals surface area contributed by atoms with Crippen LogP contribution in [0.2, 0.25) is 0 Å². The molecule has 2 aromatic heterocycles. The Morgan fingerprint density at radius 2 is 0.586 bits per heavy atom. The van der Waals surface area contributed by atoms with Gasteiger partial charge < -0.3 is 0 Å². The van der Waals surface area contributed by atoms with E-state index in [1.165, 1.54) is 5.56 Å². The van der Waals surface area contributed by atoms with Crippen molar-refractivity contribution in [1.82, 2.24) is 29.9 Å². The molecule has 0 radical (unpaired) electrons. The fraction of sp³-hybridized carbons (Fsp3) is 0.0769. The molecular weight excluding hydrogens is 709 g/mol. The molecule has 58 heavy (non-hydrogen) atoms. The molecule has 0 aliphatic carbocycles. The minimum atomic E-state index is -0.0519. The van der Waals surface area contributed by atoms with E-state index in [0.717, 1.165) is 55.6 Å². The average molecular weight is 749 g/mol. The van der Waals surface area contributed by atoms with E-state index < -0.39 is 0 Å². The van der Waals surface area contributed by atoms with Gasteiger partial charge in [0.15, 0.2) is 34.9 Å². The Labute approximate surface area is 339 Å². The molecule has 0 saturated heterocycles. The van der Waals surface area contributed by atoms with Crippen LogP contribution in [0.1, 0.15) is 26.3 Å². The van der Waals surface area contributed by atoms with Gasteiger partial charge in [0.05, 0.1) is 0 Å². The van der Waals surface area contributed by atoms with Gasteiger partial charge in [-0.25, -0.2) is 29.9 Å². The third-order valence-corrected chi connectivity index (χ3v) is 10.2. The van der Waals surface area contributed by atoms with Crippen LogP contribution in [0.25, 0.3) is 90.6 Å². The molecule has 6 heteroatoms. The van der Waals surface area contributed by atoms with Crippen LogP contribution in [0.3, 0.4) is 0 Å². The van der Waals surface area contributed by atoms with Gasteiger partial charge in [0, 0.05) is 33.4 Å². The first kappa shape index (κ1) is 36.2. The Morgan fingerprint density at radius 3 is 0.983 bits per heavy atom. The zero-order valence-electron chi connectivity index (χ0n) is 32.6. The van der Waals surface area contributed by atoms with Gasteiger partial charge in [-0.3, -0.25) is 0 Å². The van der Waals surface area contributed by atoms with Crippen molar-refractivity contribution in [2.45, 2.75) is 26.2 Å². The van der Waals surface area contributed by atoms with Gasteiger partial charge in [0.25, 0.3) is 0 Å². The molecule has 278 valence electrons. The Morgan fingerprint density at radius 1 is 0.259 bits per heavy atom. The van der Waals surface area contributed by atoms with Crippen molar-refractivity contribution in [2.75, 3.05) is 0 Å². The van der Waals surface area contributed by atoms with E-state index in [0.29, 0.717) is 34.9 Å². The first-order valence-corrected chi connectivity index (χ1v) is 19.5. The predicted octanol–water partition coefficient (Wildman–Crippen LogP) is 12.7. The minimum Gasteiger partial charge on any atom is -0.208 e. The zero-order valence-corrected chi connectivity index (χ0v) is 32.6. The molecule has 0 atom stereocenters. The molecule has 0 bridgehead atoms. The average Bonchev–Trinajstić information content (AvgIpc) is 3.29. The number of rotatable bonds is 8. The van der Waals surface area contributed by atoms with E-state index in [-0.39, 0.29) is 5.41 Å². The van der Waals surface area contributed by atoms with Crippen molar-refractivity contribution in [3.05, 3.63) is 194 Å². The van der Waals surface area contributed by atoms with Gasteiger partial charge in [-0.15, -0.1) is 0 Å². The van der Waals surface area contributed by atoms with E-state index in [1.807, 2.05) is 121 Å². The SMILES string of the molecule is CC(C)(C)c1ccc(-c2ccc(-c3nc(-c4ccccc4)nc(-c4ccccc4)n3)cc2)c(-c2cccc(-c3nc(-c4ccccc4)nc(-c4ccccc4)n3)c2)c1. The highest BCUT2D eigenvalue weighted by molar-refractivity contribution is 5.86. The van der Waals surface area contributed by atoms with Gasteiger partial charge >= 0.3 is 0 Å². The molecule has 9 aromatic rings. The van der Waals surface area contributed by atoms with Crippen LogP contribution < -0.4 is 0 Å². The molecule has 0 aliphatic heterocycles. The second kappa shape index (κ2) is 15.6. The molecule has 7 aromatic carbocycles. The number of benzene rings is 7. The second-order valence-corrected chi connectivity index (χ2v) is 15.2. The highest BCUT2D eigenvalue weighted by Crippen LogP contribution is 2.38. The summed E-state index contributed by atoms with van der Waals surface area (Å²) < 4.78 is 0. The number of aromatic nitrogens is 6. The molecule has 6 nitrogen and oxygen atoms in total. The van der Waals surface area contributed by atoms with Gasteiger partial charge in [-0.05, 0) is 39.3 Å². The minimum absolute atomic E-state index is 0.0519. The molecule has 0 saturated carbocycles. The molecular formula is C52H40N6. The maximum atomic E-state index is 5.02. The lowest BCUT2D eigenvalue weighted by molar-refractivity contribution is 0.590. The van der Waals surface area contributed by atoms with Crippen molar-refractivity contribution in [3.63, 3.8) is 0 Å². The topological polar surface area (TPSA) is 77.3 Å². The number of hydrogen-bond donors (Lipinski definition) is 0. The normalized spacial score (nSPS) is 11.4. The fourth-order valence-electron chi connectivity index (χ4n) is 7.00. The molecule has 0 unspecified atom stereocenters. The van der Waals surface area contributed by atoms with Crippen molar-refractivity contribution >= 4 is 0 Å². The summed E-state index contributed by atoms with van der Waals surface area (Å²) in [6.07, 6.45) is 0. The van der Waals surface area contributed by atoms with Crippen LogP contribution in [0.4, 0.5) is 0 Å². The van der Waals surface area contributed by atoms with Crippen LogP contribution in [-0.4, -0.2) is 29.9 Å². The maximum Gasteiger partial charge on any atom is 0.164 e. The van der Waals surface area contributed by atoms with Crippen molar-refractivity contribution < 1.29 is 0 Å². The van der Waals surface area contributed by atoms with Crippen LogP contribution in [-0.2, 0) is 5.41 Å². The zero-order chi connectivity index (χ0) is 39.5. The summed E-state index contributed by atoms with van der Waals surface area (Å²) in [6, 6.07) is 64.1. The predicted molar refractivity (Wildman–Crippen MR) is 235 cm³/mol. The Hall–Kier alpha value is -7.44. The summed E-state index contributed by atoms with van der Waals surface area (Å²) >= 11 is 0. The van der Waals surface area contributed by atoms with Crippen LogP contribution in [0.5, 0.6) is 0 Å². The lowest BCUT2D eigenvalue weighted by Crippen LogP contribution is -2.11. The van der Waals surface area contributed by atoms with Crippen LogP contribution in [0, 0.1) is 0 Å². The quantitative estimate of drug-likeness (QED) is 0.154. The third-order valence-electron chi connectivity index (χ3n) is 10.2. The van der Waals surface area contributed by atoms with E-state index in [9.17, 15) is 0 Å². The number of hydrogen-bond acceptors (Lipinski definition) is 6. The van der Waals surface area contributed by atoms with Crippen LogP contribution >= 0.6 is 0 Å². The summed E-state index contributed by atoms with van der Waals surface area (Å²) in [4.78, 5) is 29.7. The Bertz CT molecular complexity index is 2720. The van der Waals surface area contributed by atoms with Crippen LogP contribution in [0.15, 0.2) is 188 Å². The second-order valence-electron chi connectivity index (χ2n) is 15.2. The summed E-state index contributed by atoms with van der Waals surface area (Å²) in [5, 5.41) is 0. The summed E-state index contributed by atoms with van der Waals surface area (Å²) in [5.41, 5.74) is 11.2. The Kier molecular flexibility index (Phi) is 9.74.